The number of carbonyl (C=O) groups excluding carboxylic acids is 1. The van der Waals surface area contributed by atoms with Gasteiger partial charge in [0.2, 0.25) is 5.91 Å². The maximum Gasteiger partial charge on any atom is 0.221 e. The van der Waals surface area contributed by atoms with Gasteiger partial charge in [0.25, 0.3) is 0 Å². The first-order chi connectivity index (χ1) is 9.79. The minimum absolute atomic E-state index is 0.00636. The van der Waals surface area contributed by atoms with Gasteiger partial charge in [-0.1, -0.05) is 13.8 Å². The fourth-order valence-corrected chi connectivity index (χ4v) is 1.58. The zero-order chi connectivity index (χ0) is 16.0. The van der Waals surface area contributed by atoms with Crippen molar-refractivity contribution in [2.45, 2.75) is 32.9 Å². The Labute approximate surface area is 122 Å². The highest BCUT2D eigenvalue weighted by atomic mass is 19.1. The predicted octanol–water partition coefficient (Wildman–Crippen LogP) is 1.66. The summed E-state index contributed by atoms with van der Waals surface area (Å²) in [6.45, 7) is 5.07. The molecule has 1 unspecified atom stereocenters. The van der Waals surface area contributed by atoms with E-state index in [1.807, 2.05) is 13.8 Å². The van der Waals surface area contributed by atoms with Gasteiger partial charge in [-0.15, -0.1) is 0 Å². The van der Waals surface area contributed by atoms with Crippen LogP contribution in [0.25, 0.3) is 0 Å². The van der Waals surface area contributed by atoms with Gasteiger partial charge in [-0.2, -0.15) is 0 Å². The van der Waals surface area contributed by atoms with Crippen LogP contribution in [0, 0.1) is 11.6 Å². The van der Waals surface area contributed by atoms with Crippen LogP contribution in [0.2, 0.25) is 0 Å². The molecule has 0 aliphatic heterocycles. The van der Waals surface area contributed by atoms with Crippen LogP contribution in [-0.2, 0) is 4.79 Å². The summed E-state index contributed by atoms with van der Waals surface area (Å²) >= 11 is 0. The van der Waals surface area contributed by atoms with E-state index < -0.39 is 29.4 Å². The Kier molecular flexibility index (Phi) is 6.51. The Morgan fingerprint density at radius 2 is 1.90 bits per heavy atom. The normalized spacial score (nSPS) is 12.3. The highest BCUT2D eigenvalue weighted by Crippen LogP contribution is 2.25. The number of carbonyl (C=O) groups is 1. The topological polar surface area (TPSA) is 70.6 Å². The van der Waals surface area contributed by atoms with E-state index in [-0.39, 0.29) is 24.9 Å². The number of hydrogen-bond donors (Lipinski definition) is 3. The molecule has 0 heterocycles. The number of rotatable bonds is 7. The Balaban J connectivity index is 2.65. The summed E-state index contributed by atoms with van der Waals surface area (Å²) in [7, 11) is 0. The molecule has 0 bridgehead atoms. The summed E-state index contributed by atoms with van der Waals surface area (Å²) in [5.74, 6) is -2.89. The van der Waals surface area contributed by atoms with Crippen LogP contribution >= 0.6 is 0 Å². The number of ether oxygens (including phenoxy) is 1. The van der Waals surface area contributed by atoms with E-state index in [0.29, 0.717) is 0 Å². The molecule has 21 heavy (non-hydrogen) atoms. The summed E-state index contributed by atoms with van der Waals surface area (Å²) in [6.07, 6.45) is -0.888. The van der Waals surface area contributed by atoms with E-state index >= 15 is 0 Å². The van der Waals surface area contributed by atoms with E-state index in [1.54, 1.807) is 0 Å². The molecule has 1 atom stereocenters. The number of benzene rings is 1. The SMILES string of the molecule is CC(=O)Nc1cc(F)c(OCC(O)CNC(C)C)c(F)c1. The first-order valence-electron chi connectivity index (χ1n) is 6.60. The molecule has 1 aromatic carbocycles. The van der Waals surface area contributed by atoms with Gasteiger partial charge in [-0.05, 0) is 0 Å². The van der Waals surface area contributed by atoms with Crippen molar-refractivity contribution in [2.75, 3.05) is 18.5 Å². The third-order valence-corrected chi connectivity index (χ3v) is 2.50. The van der Waals surface area contributed by atoms with Gasteiger partial charge in [-0.3, -0.25) is 4.79 Å². The van der Waals surface area contributed by atoms with Crippen LogP contribution in [-0.4, -0.2) is 36.3 Å². The van der Waals surface area contributed by atoms with Crippen molar-refractivity contribution in [3.63, 3.8) is 0 Å². The second-order valence-corrected chi connectivity index (χ2v) is 4.98. The van der Waals surface area contributed by atoms with Crippen molar-refractivity contribution in [1.82, 2.24) is 5.32 Å². The molecule has 0 saturated heterocycles. The summed E-state index contributed by atoms with van der Waals surface area (Å²) in [5, 5.41) is 14.9. The lowest BCUT2D eigenvalue weighted by molar-refractivity contribution is -0.114. The van der Waals surface area contributed by atoms with Crippen molar-refractivity contribution >= 4 is 11.6 Å². The van der Waals surface area contributed by atoms with Crippen LogP contribution < -0.4 is 15.4 Å². The van der Waals surface area contributed by atoms with Crippen LogP contribution in [0.5, 0.6) is 5.75 Å². The molecule has 0 spiro atoms. The number of aliphatic hydroxyl groups is 1. The number of anilines is 1. The number of hydrogen-bond acceptors (Lipinski definition) is 4. The van der Waals surface area contributed by atoms with Crippen LogP contribution in [0.4, 0.5) is 14.5 Å². The summed E-state index contributed by atoms with van der Waals surface area (Å²) in [4.78, 5) is 10.8. The first kappa shape index (κ1) is 17.3. The monoisotopic (exact) mass is 302 g/mol. The number of aliphatic hydroxyl groups excluding tert-OH is 1. The van der Waals surface area contributed by atoms with Crippen molar-refractivity contribution in [3.05, 3.63) is 23.8 Å². The van der Waals surface area contributed by atoms with Crippen LogP contribution in [0.15, 0.2) is 12.1 Å². The van der Waals surface area contributed by atoms with Gasteiger partial charge in [0.1, 0.15) is 12.7 Å². The fourth-order valence-electron chi connectivity index (χ4n) is 1.58. The van der Waals surface area contributed by atoms with Crippen molar-refractivity contribution < 1.29 is 23.4 Å². The molecular formula is C14H20F2N2O3. The molecular weight excluding hydrogens is 282 g/mol. The van der Waals surface area contributed by atoms with E-state index in [1.165, 1.54) is 6.92 Å². The molecule has 0 aliphatic carbocycles. The average molecular weight is 302 g/mol. The van der Waals surface area contributed by atoms with Gasteiger partial charge in [0, 0.05) is 37.3 Å². The minimum atomic E-state index is -0.942. The molecule has 1 rings (SSSR count). The second kappa shape index (κ2) is 7.90. The molecule has 1 amide bonds. The fraction of sp³-hybridized carbons (Fsp3) is 0.500. The summed E-state index contributed by atoms with van der Waals surface area (Å²) in [6, 6.07) is 2.10. The molecule has 1 aromatic rings. The summed E-state index contributed by atoms with van der Waals surface area (Å²) < 4.78 is 32.4. The standard InChI is InChI=1S/C14H20F2N2O3/c1-8(2)17-6-11(20)7-21-14-12(15)4-10(5-13(14)16)18-9(3)19/h4-5,8,11,17,20H,6-7H2,1-3H3,(H,18,19). The number of amides is 1. The van der Waals surface area contributed by atoms with E-state index in [2.05, 4.69) is 10.6 Å². The zero-order valence-electron chi connectivity index (χ0n) is 12.2. The summed E-state index contributed by atoms with van der Waals surface area (Å²) in [5.41, 5.74) is 0.00636. The quantitative estimate of drug-likeness (QED) is 0.716. The molecule has 0 aliphatic rings. The molecule has 3 N–H and O–H groups in total. The molecule has 0 radical (unpaired) electrons. The lowest BCUT2D eigenvalue weighted by atomic mass is 10.2. The van der Waals surface area contributed by atoms with Crippen molar-refractivity contribution in [1.29, 1.82) is 0 Å². The lowest BCUT2D eigenvalue weighted by Gasteiger charge is -2.16. The van der Waals surface area contributed by atoms with Gasteiger partial charge in [0.05, 0.1) is 0 Å². The Bertz CT molecular complexity index is 472. The van der Waals surface area contributed by atoms with E-state index in [0.717, 1.165) is 12.1 Å². The van der Waals surface area contributed by atoms with Crippen LogP contribution in [0.1, 0.15) is 20.8 Å². The Morgan fingerprint density at radius 1 is 1.33 bits per heavy atom. The van der Waals surface area contributed by atoms with Crippen molar-refractivity contribution in [3.8, 4) is 5.75 Å². The Hall–Kier alpha value is -1.73. The van der Waals surface area contributed by atoms with E-state index in [4.69, 9.17) is 4.74 Å². The number of nitrogens with one attached hydrogen (secondary N) is 2. The third-order valence-electron chi connectivity index (χ3n) is 2.50. The third kappa shape index (κ3) is 6.05. The molecule has 0 aromatic heterocycles. The lowest BCUT2D eigenvalue weighted by Crippen LogP contribution is -2.35. The molecule has 7 heteroatoms. The van der Waals surface area contributed by atoms with Gasteiger partial charge in [0.15, 0.2) is 17.4 Å². The largest absolute Gasteiger partial charge is 0.485 e. The van der Waals surface area contributed by atoms with Gasteiger partial charge in [-0.25, -0.2) is 8.78 Å². The minimum Gasteiger partial charge on any atom is -0.485 e. The molecule has 0 fully saturated rings. The Morgan fingerprint density at radius 3 is 2.38 bits per heavy atom. The molecule has 5 nitrogen and oxygen atoms in total. The first-order valence-corrected chi connectivity index (χ1v) is 6.60. The molecule has 118 valence electrons. The highest BCUT2D eigenvalue weighted by Gasteiger charge is 2.15. The average Bonchev–Trinajstić information content (AvgIpc) is 2.34. The highest BCUT2D eigenvalue weighted by molar-refractivity contribution is 5.88. The van der Waals surface area contributed by atoms with Gasteiger partial charge >= 0.3 is 0 Å². The van der Waals surface area contributed by atoms with Gasteiger partial charge < -0.3 is 20.5 Å². The maximum atomic E-state index is 13.7. The second-order valence-electron chi connectivity index (χ2n) is 4.98. The number of halogens is 2. The van der Waals surface area contributed by atoms with Crippen molar-refractivity contribution in [2.24, 2.45) is 0 Å². The smallest absolute Gasteiger partial charge is 0.221 e. The van der Waals surface area contributed by atoms with E-state index in [9.17, 15) is 18.7 Å². The predicted molar refractivity (Wildman–Crippen MR) is 75.3 cm³/mol. The maximum absolute atomic E-state index is 13.7. The van der Waals surface area contributed by atoms with Crippen LogP contribution in [0.3, 0.4) is 0 Å². The molecule has 0 saturated carbocycles. The zero-order valence-corrected chi connectivity index (χ0v) is 12.2.